The molecule has 1 fully saturated rings. The first-order valence-electron chi connectivity index (χ1n) is 6.63. The van der Waals surface area contributed by atoms with Crippen molar-refractivity contribution in [2.45, 2.75) is 63.5 Å². The molecule has 0 spiro atoms. The van der Waals surface area contributed by atoms with Crippen molar-refractivity contribution >= 4 is 5.91 Å². The fourth-order valence-corrected chi connectivity index (χ4v) is 2.53. The number of carbonyl (C=O) groups excluding carboxylic acids is 1. The summed E-state index contributed by atoms with van der Waals surface area (Å²) in [6.07, 6.45) is 6.53. The number of ether oxygens (including phenoxy) is 1. The van der Waals surface area contributed by atoms with Gasteiger partial charge in [-0.2, -0.15) is 0 Å². The second kappa shape index (κ2) is 6.97. The fourth-order valence-electron chi connectivity index (χ4n) is 2.53. The van der Waals surface area contributed by atoms with Crippen molar-refractivity contribution in [3.8, 4) is 0 Å². The van der Waals surface area contributed by atoms with E-state index in [0.717, 1.165) is 25.7 Å². The Bertz CT molecular complexity index is 231. The van der Waals surface area contributed by atoms with Gasteiger partial charge in [-0.1, -0.05) is 32.6 Å². The molecule has 1 aliphatic rings. The first kappa shape index (κ1) is 14.5. The molecule has 4 heteroatoms. The minimum atomic E-state index is -0.417. The van der Waals surface area contributed by atoms with E-state index in [-0.39, 0.29) is 12.5 Å². The molecule has 0 heterocycles. The molecule has 1 saturated carbocycles. The van der Waals surface area contributed by atoms with Crippen LogP contribution in [0, 0.1) is 0 Å². The summed E-state index contributed by atoms with van der Waals surface area (Å²) in [5.41, 5.74) is -0.417. The van der Waals surface area contributed by atoms with Crippen LogP contribution in [0.2, 0.25) is 0 Å². The standard InChI is InChI=1S/C13H25NO3/c1-3-11(17-2)12(16)14-13(10-15)8-6-4-5-7-9-13/h11,15H,3-10H2,1-2H3,(H,14,16)/t11-/m0/s1. The van der Waals surface area contributed by atoms with E-state index in [0.29, 0.717) is 6.42 Å². The molecule has 1 atom stereocenters. The summed E-state index contributed by atoms with van der Waals surface area (Å²) in [5.74, 6) is -0.0917. The molecule has 1 aliphatic carbocycles. The summed E-state index contributed by atoms with van der Waals surface area (Å²) in [7, 11) is 1.55. The molecule has 0 bridgehead atoms. The quantitative estimate of drug-likeness (QED) is 0.721. The Hall–Kier alpha value is -0.610. The summed E-state index contributed by atoms with van der Waals surface area (Å²) in [4.78, 5) is 12.0. The number of hydrogen-bond donors (Lipinski definition) is 2. The van der Waals surface area contributed by atoms with E-state index in [1.807, 2.05) is 6.92 Å². The number of hydrogen-bond acceptors (Lipinski definition) is 3. The molecule has 4 nitrogen and oxygen atoms in total. The number of nitrogens with one attached hydrogen (secondary N) is 1. The van der Waals surface area contributed by atoms with E-state index in [2.05, 4.69) is 5.32 Å². The molecule has 0 aromatic heterocycles. The smallest absolute Gasteiger partial charge is 0.249 e. The van der Waals surface area contributed by atoms with E-state index in [1.54, 1.807) is 7.11 Å². The molecular formula is C13H25NO3. The average molecular weight is 243 g/mol. The summed E-state index contributed by atoms with van der Waals surface area (Å²) in [5, 5.41) is 12.6. The topological polar surface area (TPSA) is 58.6 Å². The minimum Gasteiger partial charge on any atom is -0.394 e. The Kier molecular flexibility index (Phi) is 5.92. The molecule has 0 aromatic rings. The molecule has 1 rings (SSSR count). The van der Waals surface area contributed by atoms with Crippen molar-refractivity contribution < 1.29 is 14.6 Å². The van der Waals surface area contributed by atoms with E-state index in [4.69, 9.17) is 4.74 Å². The van der Waals surface area contributed by atoms with Gasteiger partial charge in [-0.3, -0.25) is 4.79 Å². The Labute approximate surface area is 104 Å². The third-order valence-corrected chi connectivity index (χ3v) is 3.70. The van der Waals surface area contributed by atoms with Crippen LogP contribution in [0.3, 0.4) is 0 Å². The third-order valence-electron chi connectivity index (χ3n) is 3.70. The molecule has 100 valence electrons. The zero-order chi connectivity index (χ0) is 12.7. The maximum absolute atomic E-state index is 12.0. The Balaban J connectivity index is 2.63. The van der Waals surface area contributed by atoms with Gasteiger partial charge in [0, 0.05) is 7.11 Å². The van der Waals surface area contributed by atoms with E-state index >= 15 is 0 Å². The first-order valence-corrected chi connectivity index (χ1v) is 6.63. The summed E-state index contributed by atoms with van der Waals surface area (Å²) >= 11 is 0. The number of aliphatic hydroxyl groups is 1. The monoisotopic (exact) mass is 243 g/mol. The van der Waals surface area contributed by atoms with E-state index in [9.17, 15) is 9.90 Å². The Morgan fingerprint density at radius 1 is 1.35 bits per heavy atom. The summed E-state index contributed by atoms with van der Waals surface area (Å²) < 4.78 is 5.13. The van der Waals surface area contributed by atoms with Crippen molar-refractivity contribution in [3.05, 3.63) is 0 Å². The lowest BCUT2D eigenvalue weighted by atomic mass is 9.90. The van der Waals surface area contributed by atoms with Crippen LogP contribution in [0.5, 0.6) is 0 Å². The minimum absolute atomic E-state index is 0.0267. The highest BCUT2D eigenvalue weighted by Crippen LogP contribution is 2.27. The Morgan fingerprint density at radius 2 is 1.94 bits per heavy atom. The van der Waals surface area contributed by atoms with E-state index in [1.165, 1.54) is 12.8 Å². The lowest BCUT2D eigenvalue weighted by molar-refractivity contribution is -0.134. The van der Waals surface area contributed by atoms with Crippen molar-refractivity contribution in [2.24, 2.45) is 0 Å². The highest BCUT2D eigenvalue weighted by Gasteiger charge is 2.33. The van der Waals surface area contributed by atoms with Gasteiger partial charge < -0.3 is 15.2 Å². The zero-order valence-electron chi connectivity index (χ0n) is 11.0. The second-order valence-electron chi connectivity index (χ2n) is 4.97. The molecule has 0 saturated heterocycles. The predicted molar refractivity (Wildman–Crippen MR) is 66.7 cm³/mol. The molecule has 1 amide bonds. The largest absolute Gasteiger partial charge is 0.394 e. The number of amides is 1. The van der Waals surface area contributed by atoms with Crippen LogP contribution in [0.1, 0.15) is 51.9 Å². The summed E-state index contributed by atoms with van der Waals surface area (Å²) in [6, 6.07) is 0. The number of aliphatic hydroxyl groups excluding tert-OH is 1. The number of carbonyl (C=O) groups is 1. The molecule has 2 N–H and O–H groups in total. The van der Waals surface area contributed by atoms with Crippen LogP contribution >= 0.6 is 0 Å². The van der Waals surface area contributed by atoms with Gasteiger partial charge in [0.2, 0.25) is 5.91 Å². The van der Waals surface area contributed by atoms with Crippen LogP contribution in [0.25, 0.3) is 0 Å². The van der Waals surface area contributed by atoms with Crippen LogP contribution in [-0.4, -0.2) is 36.4 Å². The molecule has 0 radical (unpaired) electrons. The van der Waals surface area contributed by atoms with Crippen molar-refractivity contribution in [1.82, 2.24) is 5.32 Å². The van der Waals surface area contributed by atoms with Gasteiger partial charge in [0.15, 0.2) is 0 Å². The Morgan fingerprint density at radius 3 is 2.35 bits per heavy atom. The number of methoxy groups -OCH3 is 1. The van der Waals surface area contributed by atoms with Crippen LogP contribution in [0.15, 0.2) is 0 Å². The highest BCUT2D eigenvalue weighted by molar-refractivity contribution is 5.81. The molecule has 17 heavy (non-hydrogen) atoms. The third kappa shape index (κ3) is 3.96. The number of rotatable bonds is 5. The van der Waals surface area contributed by atoms with Crippen LogP contribution in [-0.2, 0) is 9.53 Å². The lowest BCUT2D eigenvalue weighted by Crippen LogP contribution is -2.54. The zero-order valence-corrected chi connectivity index (χ0v) is 11.0. The van der Waals surface area contributed by atoms with Gasteiger partial charge in [0.25, 0.3) is 0 Å². The maximum atomic E-state index is 12.0. The second-order valence-corrected chi connectivity index (χ2v) is 4.97. The molecule has 0 unspecified atom stereocenters. The van der Waals surface area contributed by atoms with Crippen LogP contribution < -0.4 is 5.32 Å². The van der Waals surface area contributed by atoms with E-state index < -0.39 is 11.6 Å². The highest BCUT2D eigenvalue weighted by atomic mass is 16.5. The maximum Gasteiger partial charge on any atom is 0.249 e. The van der Waals surface area contributed by atoms with Gasteiger partial charge in [-0.05, 0) is 19.3 Å². The van der Waals surface area contributed by atoms with Crippen LogP contribution in [0.4, 0.5) is 0 Å². The van der Waals surface area contributed by atoms with Gasteiger partial charge in [-0.25, -0.2) is 0 Å². The van der Waals surface area contributed by atoms with Gasteiger partial charge in [0.1, 0.15) is 6.10 Å². The summed E-state index contributed by atoms with van der Waals surface area (Å²) in [6.45, 7) is 1.95. The lowest BCUT2D eigenvalue weighted by Gasteiger charge is -2.33. The molecule has 0 aromatic carbocycles. The normalized spacial score (nSPS) is 21.6. The SMILES string of the molecule is CC[C@H](OC)C(=O)NC1(CO)CCCCCC1. The first-order chi connectivity index (χ1) is 8.17. The van der Waals surface area contributed by atoms with Gasteiger partial charge >= 0.3 is 0 Å². The van der Waals surface area contributed by atoms with Crippen molar-refractivity contribution in [1.29, 1.82) is 0 Å². The van der Waals surface area contributed by atoms with Crippen molar-refractivity contribution in [3.63, 3.8) is 0 Å². The van der Waals surface area contributed by atoms with Crippen molar-refractivity contribution in [2.75, 3.05) is 13.7 Å². The average Bonchev–Trinajstić information content (AvgIpc) is 2.57. The predicted octanol–water partition coefficient (Wildman–Crippen LogP) is 1.61. The molecule has 0 aliphatic heterocycles. The fraction of sp³-hybridized carbons (Fsp3) is 0.923. The molecular weight excluding hydrogens is 218 g/mol. The van der Waals surface area contributed by atoms with Gasteiger partial charge in [0.05, 0.1) is 12.1 Å². The van der Waals surface area contributed by atoms with Gasteiger partial charge in [-0.15, -0.1) is 0 Å².